The molecule has 1 atom stereocenters. The Balaban J connectivity index is 1.66. The minimum Gasteiger partial charge on any atom is -0.490 e. The van der Waals surface area contributed by atoms with Crippen LogP contribution in [0.2, 0.25) is 0 Å². The fourth-order valence-corrected chi connectivity index (χ4v) is 3.65. The Morgan fingerprint density at radius 1 is 1.33 bits per heavy atom. The Hall–Kier alpha value is -3.86. The molecule has 0 saturated heterocycles. The van der Waals surface area contributed by atoms with Gasteiger partial charge in [-0.15, -0.1) is 0 Å². The SMILES string of the molecule is CC(C)Oc1ccc(-c2nc(-c3cccc4c3CCC4OC(N)=O)no2)cc1C#N. The summed E-state index contributed by atoms with van der Waals surface area (Å²) in [5, 5.41) is 13.6. The molecular weight excluding hydrogens is 384 g/mol. The van der Waals surface area contributed by atoms with Crippen LogP contribution in [0.1, 0.15) is 43.1 Å². The van der Waals surface area contributed by atoms with Gasteiger partial charge in [0.2, 0.25) is 5.82 Å². The highest BCUT2D eigenvalue weighted by atomic mass is 16.6. The van der Waals surface area contributed by atoms with E-state index >= 15 is 0 Å². The summed E-state index contributed by atoms with van der Waals surface area (Å²) in [6, 6.07) is 13.0. The van der Waals surface area contributed by atoms with Gasteiger partial charge in [-0.2, -0.15) is 10.2 Å². The van der Waals surface area contributed by atoms with Gasteiger partial charge in [-0.1, -0.05) is 23.4 Å². The number of hydrogen-bond acceptors (Lipinski definition) is 7. The minimum atomic E-state index is -0.793. The van der Waals surface area contributed by atoms with Crippen LogP contribution in [0.15, 0.2) is 40.9 Å². The molecule has 0 fully saturated rings. The number of fused-ring (bicyclic) bond motifs is 1. The van der Waals surface area contributed by atoms with Crippen molar-refractivity contribution in [3.05, 3.63) is 53.1 Å². The highest BCUT2D eigenvalue weighted by Crippen LogP contribution is 2.39. The molecule has 1 amide bonds. The first-order chi connectivity index (χ1) is 14.5. The number of amides is 1. The van der Waals surface area contributed by atoms with Crippen LogP contribution in [0.25, 0.3) is 22.8 Å². The first-order valence-corrected chi connectivity index (χ1v) is 9.59. The van der Waals surface area contributed by atoms with Crippen LogP contribution in [-0.4, -0.2) is 22.3 Å². The fraction of sp³-hybridized carbons (Fsp3) is 0.273. The molecule has 1 aromatic heterocycles. The molecule has 3 aromatic rings. The van der Waals surface area contributed by atoms with Gasteiger partial charge in [-0.25, -0.2) is 4.79 Å². The maximum Gasteiger partial charge on any atom is 0.405 e. The molecule has 4 rings (SSSR count). The van der Waals surface area contributed by atoms with E-state index in [4.69, 9.17) is 19.7 Å². The third-order valence-corrected chi connectivity index (χ3v) is 4.85. The van der Waals surface area contributed by atoms with Gasteiger partial charge in [-0.05, 0) is 56.0 Å². The maximum atomic E-state index is 11.1. The van der Waals surface area contributed by atoms with E-state index in [1.165, 1.54) is 0 Å². The Bertz CT molecular complexity index is 1150. The lowest BCUT2D eigenvalue weighted by Gasteiger charge is -2.11. The normalized spacial score (nSPS) is 14.9. The molecule has 2 aromatic carbocycles. The first kappa shape index (κ1) is 19.5. The zero-order valence-corrected chi connectivity index (χ0v) is 16.6. The van der Waals surface area contributed by atoms with E-state index in [0.29, 0.717) is 41.4 Å². The number of nitrogens with zero attached hydrogens (tertiary/aromatic N) is 3. The van der Waals surface area contributed by atoms with Gasteiger partial charge in [0.15, 0.2) is 0 Å². The lowest BCUT2D eigenvalue weighted by molar-refractivity contribution is 0.107. The molecule has 30 heavy (non-hydrogen) atoms. The first-order valence-electron chi connectivity index (χ1n) is 9.59. The summed E-state index contributed by atoms with van der Waals surface area (Å²) in [6.07, 6.45) is 0.171. The van der Waals surface area contributed by atoms with Crippen molar-refractivity contribution in [2.45, 2.75) is 38.9 Å². The van der Waals surface area contributed by atoms with Crippen molar-refractivity contribution in [2.75, 3.05) is 0 Å². The molecule has 2 N–H and O–H groups in total. The molecule has 0 spiro atoms. The van der Waals surface area contributed by atoms with Crippen molar-refractivity contribution >= 4 is 6.09 Å². The van der Waals surface area contributed by atoms with Crippen LogP contribution in [0.4, 0.5) is 4.79 Å². The molecule has 1 heterocycles. The van der Waals surface area contributed by atoms with Gasteiger partial charge in [0.25, 0.3) is 5.89 Å². The Morgan fingerprint density at radius 2 is 2.17 bits per heavy atom. The summed E-state index contributed by atoms with van der Waals surface area (Å²) in [6.45, 7) is 3.80. The number of ether oxygens (including phenoxy) is 2. The van der Waals surface area contributed by atoms with E-state index in [0.717, 1.165) is 16.7 Å². The number of carbonyl (C=O) groups excluding carboxylic acids is 1. The highest BCUT2D eigenvalue weighted by molar-refractivity contribution is 5.68. The van der Waals surface area contributed by atoms with Gasteiger partial charge in [0, 0.05) is 11.1 Å². The number of carbonyl (C=O) groups is 1. The number of benzene rings is 2. The lowest BCUT2D eigenvalue weighted by Crippen LogP contribution is -2.15. The largest absolute Gasteiger partial charge is 0.490 e. The molecule has 152 valence electrons. The van der Waals surface area contributed by atoms with E-state index < -0.39 is 6.09 Å². The fourth-order valence-electron chi connectivity index (χ4n) is 3.65. The average Bonchev–Trinajstić information content (AvgIpc) is 3.35. The molecule has 0 radical (unpaired) electrons. The van der Waals surface area contributed by atoms with Crippen LogP contribution < -0.4 is 10.5 Å². The molecule has 0 bridgehead atoms. The standard InChI is InChI=1S/C22H20N4O4/c1-12(2)28-18-8-6-13(10-14(18)11-23)21-25-20(26-30-21)17-5-3-4-16-15(17)7-9-19(16)29-22(24)27/h3-6,8,10,12,19H,7,9H2,1-2H3,(H2,24,27). The average molecular weight is 404 g/mol. The lowest BCUT2D eigenvalue weighted by atomic mass is 10.0. The third kappa shape index (κ3) is 3.70. The quantitative estimate of drug-likeness (QED) is 0.677. The van der Waals surface area contributed by atoms with Crippen molar-refractivity contribution in [1.82, 2.24) is 10.1 Å². The summed E-state index contributed by atoms with van der Waals surface area (Å²) in [4.78, 5) is 15.7. The van der Waals surface area contributed by atoms with Gasteiger partial charge in [-0.3, -0.25) is 0 Å². The molecule has 8 heteroatoms. The van der Waals surface area contributed by atoms with Crippen molar-refractivity contribution in [2.24, 2.45) is 5.73 Å². The summed E-state index contributed by atoms with van der Waals surface area (Å²) >= 11 is 0. The van der Waals surface area contributed by atoms with Gasteiger partial charge in [0.05, 0.1) is 11.7 Å². The number of aromatic nitrogens is 2. The van der Waals surface area contributed by atoms with E-state index in [1.807, 2.05) is 32.0 Å². The van der Waals surface area contributed by atoms with Crippen molar-refractivity contribution < 1.29 is 18.8 Å². The maximum absolute atomic E-state index is 11.1. The predicted octanol–water partition coefficient (Wildman–Crippen LogP) is 4.15. The second-order valence-electron chi connectivity index (χ2n) is 7.25. The van der Waals surface area contributed by atoms with E-state index in [2.05, 4.69) is 16.2 Å². The van der Waals surface area contributed by atoms with Crippen LogP contribution in [0.3, 0.4) is 0 Å². The zero-order chi connectivity index (χ0) is 21.3. The molecule has 1 aliphatic rings. The van der Waals surface area contributed by atoms with E-state index in [1.54, 1.807) is 18.2 Å². The van der Waals surface area contributed by atoms with Crippen molar-refractivity contribution in [3.8, 4) is 34.7 Å². The van der Waals surface area contributed by atoms with E-state index in [9.17, 15) is 10.1 Å². The summed E-state index contributed by atoms with van der Waals surface area (Å²) in [5.74, 6) is 1.25. The number of hydrogen-bond donors (Lipinski definition) is 1. The van der Waals surface area contributed by atoms with Crippen molar-refractivity contribution in [1.29, 1.82) is 5.26 Å². The van der Waals surface area contributed by atoms with Gasteiger partial charge < -0.3 is 19.7 Å². The van der Waals surface area contributed by atoms with Crippen LogP contribution in [-0.2, 0) is 11.2 Å². The summed E-state index contributed by atoms with van der Waals surface area (Å²) in [5.41, 5.74) is 8.93. The Kier molecular flexibility index (Phi) is 5.11. The topological polar surface area (TPSA) is 124 Å². The minimum absolute atomic E-state index is 0.0412. The Morgan fingerprint density at radius 3 is 2.90 bits per heavy atom. The third-order valence-electron chi connectivity index (χ3n) is 4.85. The Labute approximate surface area is 173 Å². The predicted molar refractivity (Wildman–Crippen MR) is 107 cm³/mol. The molecule has 1 aliphatic carbocycles. The van der Waals surface area contributed by atoms with Crippen LogP contribution >= 0.6 is 0 Å². The zero-order valence-electron chi connectivity index (χ0n) is 16.6. The van der Waals surface area contributed by atoms with Crippen LogP contribution in [0.5, 0.6) is 5.75 Å². The second-order valence-corrected chi connectivity index (χ2v) is 7.25. The summed E-state index contributed by atoms with van der Waals surface area (Å²) in [7, 11) is 0. The van der Waals surface area contributed by atoms with E-state index in [-0.39, 0.29) is 12.2 Å². The monoisotopic (exact) mass is 404 g/mol. The van der Waals surface area contributed by atoms with Crippen LogP contribution in [0, 0.1) is 11.3 Å². The number of nitriles is 1. The van der Waals surface area contributed by atoms with Gasteiger partial charge >= 0.3 is 6.09 Å². The van der Waals surface area contributed by atoms with Gasteiger partial charge in [0.1, 0.15) is 17.9 Å². The number of nitrogens with two attached hydrogens (primary N) is 1. The highest BCUT2D eigenvalue weighted by Gasteiger charge is 2.28. The second kappa shape index (κ2) is 7.87. The molecular formula is C22H20N4O4. The molecule has 0 saturated carbocycles. The summed E-state index contributed by atoms with van der Waals surface area (Å²) < 4.78 is 16.3. The molecule has 0 aliphatic heterocycles. The number of rotatable bonds is 5. The van der Waals surface area contributed by atoms with Crippen molar-refractivity contribution in [3.63, 3.8) is 0 Å². The smallest absolute Gasteiger partial charge is 0.405 e. The number of primary amides is 1. The molecule has 8 nitrogen and oxygen atoms in total. The molecule has 1 unspecified atom stereocenters.